The Labute approximate surface area is 199 Å². The number of ether oxygens (including phenoxy) is 1. The number of carbonyl (C=O) groups excluding carboxylic acids is 1. The summed E-state index contributed by atoms with van der Waals surface area (Å²) in [6.45, 7) is 0. The van der Waals surface area contributed by atoms with Crippen molar-refractivity contribution in [2.24, 2.45) is 0 Å². The highest BCUT2D eigenvalue weighted by Crippen LogP contribution is 2.63. The molecule has 3 unspecified atom stereocenters. The Hall–Kier alpha value is -1.17. The summed E-state index contributed by atoms with van der Waals surface area (Å²) in [5.74, 6) is -4.01. The fraction of sp³-hybridized carbons (Fsp3) is 0.333. The van der Waals surface area contributed by atoms with Gasteiger partial charge in [0.15, 0.2) is 20.2 Å². The van der Waals surface area contributed by atoms with Crippen molar-refractivity contribution in [3.05, 3.63) is 71.8 Å². The van der Waals surface area contributed by atoms with E-state index in [1.165, 1.54) is 12.1 Å². The van der Waals surface area contributed by atoms with Gasteiger partial charge in [0.05, 0.1) is 5.38 Å². The van der Waals surface area contributed by atoms with Gasteiger partial charge in [0.25, 0.3) is 0 Å². The van der Waals surface area contributed by atoms with Crippen LogP contribution >= 0.6 is 58.0 Å². The molecule has 0 amide bonds. The van der Waals surface area contributed by atoms with Gasteiger partial charge < -0.3 is 9.84 Å². The third kappa shape index (κ3) is 3.89. The Bertz CT molecular complexity index is 920. The molecule has 3 atom stereocenters. The summed E-state index contributed by atoms with van der Waals surface area (Å²) in [5.41, 5.74) is -1.05. The summed E-state index contributed by atoms with van der Waals surface area (Å²) in [6, 6.07) is 16.5. The molecule has 0 saturated heterocycles. The average molecular weight is 511 g/mol. The van der Waals surface area contributed by atoms with Crippen molar-refractivity contribution in [1.82, 2.24) is 0 Å². The fourth-order valence-corrected chi connectivity index (χ4v) is 5.25. The first-order chi connectivity index (χ1) is 14.0. The molecule has 2 aromatic rings. The van der Waals surface area contributed by atoms with Crippen LogP contribution in [-0.4, -0.2) is 31.1 Å². The van der Waals surface area contributed by atoms with Gasteiger partial charge in [0.1, 0.15) is 0 Å². The van der Waals surface area contributed by atoms with E-state index in [0.29, 0.717) is 5.56 Å². The molecule has 0 heterocycles. The second-order valence-corrected chi connectivity index (χ2v) is 10.2. The molecule has 1 fully saturated rings. The fourth-order valence-electron chi connectivity index (χ4n) is 3.60. The average Bonchev–Trinajstić information content (AvgIpc) is 2.70. The van der Waals surface area contributed by atoms with Gasteiger partial charge >= 0.3 is 11.9 Å². The lowest BCUT2D eigenvalue weighted by Crippen LogP contribution is -2.63. The number of esters is 1. The number of carboxylic acid groups (broad SMARTS) is 1. The van der Waals surface area contributed by atoms with Crippen LogP contribution < -0.4 is 0 Å². The number of halogens is 5. The molecule has 0 radical (unpaired) electrons. The van der Waals surface area contributed by atoms with Gasteiger partial charge in [-0.2, -0.15) is 0 Å². The monoisotopic (exact) mass is 508 g/mol. The van der Waals surface area contributed by atoms with Crippen molar-refractivity contribution in [2.45, 2.75) is 38.4 Å². The summed E-state index contributed by atoms with van der Waals surface area (Å²) in [4.78, 5) is 25.1. The molecule has 30 heavy (non-hydrogen) atoms. The van der Waals surface area contributed by atoms with Crippen molar-refractivity contribution in [1.29, 1.82) is 0 Å². The second-order valence-electron chi connectivity index (χ2n) is 7.00. The molecule has 0 aliphatic heterocycles. The number of aliphatic carboxylic acids is 1. The van der Waals surface area contributed by atoms with E-state index in [1.54, 1.807) is 48.5 Å². The SMILES string of the molecule is O=C(O)C(C(=O)OC1(c2ccccc2)CCC(Cl)C(Cl)(Cl)C1(Cl)Cl)c1ccccc1. The lowest BCUT2D eigenvalue weighted by Gasteiger charge is -2.53. The summed E-state index contributed by atoms with van der Waals surface area (Å²) in [5, 5.41) is 8.89. The Morgan fingerprint density at radius 1 is 0.967 bits per heavy atom. The maximum absolute atomic E-state index is 13.2. The number of carboxylic acids is 1. The highest BCUT2D eigenvalue weighted by Gasteiger charge is 2.69. The summed E-state index contributed by atoms with van der Waals surface area (Å²) in [6.07, 6.45) is 0.313. The number of alkyl halides is 5. The van der Waals surface area contributed by atoms with Crippen molar-refractivity contribution < 1.29 is 19.4 Å². The molecular formula is C21H17Cl5O4. The molecule has 9 heteroatoms. The topological polar surface area (TPSA) is 63.6 Å². The van der Waals surface area contributed by atoms with Crippen LogP contribution in [-0.2, 0) is 19.9 Å². The van der Waals surface area contributed by atoms with E-state index in [9.17, 15) is 14.7 Å². The molecule has 0 bridgehead atoms. The molecule has 3 rings (SSSR count). The number of carbonyl (C=O) groups is 2. The molecule has 4 nitrogen and oxygen atoms in total. The standard InChI is InChI=1S/C21H17Cl5O4/c22-15-11-12-19(14-9-5-2-6-10-14,21(25,26)20(15,23)24)30-18(29)16(17(27)28)13-7-3-1-4-8-13/h1-10,15-16H,11-12H2,(H,27,28). The summed E-state index contributed by atoms with van der Waals surface area (Å²) in [7, 11) is 0. The first kappa shape index (κ1) is 23.5. The third-order valence-corrected chi connectivity index (χ3v) is 8.66. The molecule has 1 saturated carbocycles. The zero-order valence-corrected chi connectivity index (χ0v) is 19.2. The van der Waals surface area contributed by atoms with Crippen LogP contribution in [0.25, 0.3) is 0 Å². The van der Waals surface area contributed by atoms with Crippen LogP contribution in [0, 0.1) is 0 Å². The first-order valence-electron chi connectivity index (χ1n) is 9.00. The molecular weight excluding hydrogens is 493 g/mol. The molecule has 1 aliphatic rings. The molecule has 1 aliphatic carbocycles. The Balaban J connectivity index is 2.11. The number of rotatable bonds is 5. The maximum atomic E-state index is 13.2. The Kier molecular flexibility index (Phi) is 6.86. The molecule has 2 aromatic carbocycles. The Morgan fingerprint density at radius 3 is 2.03 bits per heavy atom. The zero-order chi connectivity index (χ0) is 22.2. The van der Waals surface area contributed by atoms with Gasteiger partial charge in [-0.15, -0.1) is 11.6 Å². The minimum Gasteiger partial charge on any atom is -0.480 e. The molecule has 0 aromatic heterocycles. The normalized spacial score (nSPS) is 25.8. The predicted molar refractivity (Wildman–Crippen MR) is 119 cm³/mol. The van der Waals surface area contributed by atoms with Gasteiger partial charge in [-0.1, -0.05) is 107 Å². The van der Waals surface area contributed by atoms with Gasteiger partial charge in [0.2, 0.25) is 0 Å². The quantitative estimate of drug-likeness (QED) is 0.303. The van der Waals surface area contributed by atoms with E-state index in [-0.39, 0.29) is 18.4 Å². The summed E-state index contributed by atoms with van der Waals surface area (Å²) >= 11 is 32.6. The number of hydrogen-bond donors (Lipinski definition) is 1. The Morgan fingerprint density at radius 2 is 1.50 bits per heavy atom. The molecule has 160 valence electrons. The number of hydrogen-bond acceptors (Lipinski definition) is 3. The van der Waals surface area contributed by atoms with Crippen LogP contribution in [0.3, 0.4) is 0 Å². The van der Waals surface area contributed by atoms with Gasteiger partial charge in [-0.05, 0) is 24.0 Å². The van der Waals surface area contributed by atoms with Crippen LogP contribution in [0.4, 0.5) is 0 Å². The second kappa shape index (κ2) is 8.76. The lowest BCUT2D eigenvalue weighted by molar-refractivity contribution is -0.172. The van der Waals surface area contributed by atoms with Crippen LogP contribution in [0.15, 0.2) is 60.7 Å². The number of benzene rings is 2. The van der Waals surface area contributed by atoms with Crippen LogP contribution in [0.2, 0.25) is 0 Å². The van der Waals surface area contributed by atoms with Crippen LogP contribution in [0.1, 0.15) is 29.9 Å². The third-order valence-electron chi connectivity index (χ3n) is 5.20. The van der Waals surface area contributed by atoms with Crippen LogP contribution in [0.5, 0.6) is 0 Å². The van der Waals surface area contributed by atoms with Crippen molar-refractivity contribution in [3.8, 4) is 0 Å². The minimum absolute atomic E-state index is 0.0895. The molecule has 0 spiro atoms. The van der Waals surface area contributed by atoms with Crippen molar-refractivity contribution in [3.63, 3.8) is 0 Å². The van der Waals surface area contributed by atoms with Gasteiger partial charge in [-0.3, -0.25) is 9.59 Å². The van der Waals surface area contributed by atoms with Crippen molar-refractivity contribution in [2.75, 3.05) is 0 Å². The van der Waals surface area contributed by atoms with Gasteiger partial charge in [-0.25, -0.2) is 0 Å². The predicted octanol–water partition coefficient (Wildman–Crippen LogP) is 6.04. The summed E-state index contributed by atoms with van der Waals surface area (Å²) < 4.78 is 1.86. The highest BCUT2D eigenvalue weighted by molar-refractivity contribution is 6.65. The smallest absolute Gasteiger partial charge is 0.325 e. The van der Waals surface area contributed by atoms with E-state index in [1.807, 2.05) is 0 Å². The zero-order valence-electron chi connectivity index (χ0n) is 15.4. The lowest BCUT2D eigenvalue weighted by atomic mass is 9.77. The van der Waals surface area contributed by atoms with Crippen molar-refractivity contribution >= 4 is 69.9 Å². The minimum atomic E-state index is -2.08. The van der Waals surface area contributed by atoms with E-state index < -0.39 is 37.5 Å². The molecule has 1 N–H and O–H groups in total. The first-order valence-corrected chi connectivity index (χ1v) is 11.0. The van der Waals surface area contributed by atoms with E-state index in [2.05, 4.69) is 0 Å². The van der Waals surface area contributed by atoms with E-state index >= 15 is 0 Å². The highest BCUT2D eigenvalue weighted by atomic mass is 35.5. The van der Waals surface area contributed by atoms with E-state index in [4.69, 9.17) is 62.7 Å². The maximum Gasteiger partial charge on any atom is 0.325 e. The van der Waals surface area contributed by atoms with E-state index in [0.717, 1.165) is 0 Å². The van der Waals surface area contributed by atoms with Gasteiger partial charge in [0, 0.05) is 0 Å². The largest absolute Gasteiger partial charge is 0.480 e.